The summed E-state index contributed by atoms with van der Waals surface area (Å²) in [4.78, 5) is 28.5. The standard InChI is InChI=1S/C12H11N3O3/c1-18-12(17)8-4-11(16)15(7-8)10-3-2-9(5-13)14-6-10/h2-3,6,8H,4,7H2,1H3. The summed E-state index contributed by atoms with van der Waals surface area (Å²) >= 11 is 0. The van der Waals surface area contributed by atoms with Crippen LogP contribution >= 0.6 is 0 Å². The minimum atomic E-state index is -0.432. The summed E-state index contributed by atoms with van der Waals surface area (Å²) in [7, 11) is 1.30. The molecule has 0 bridgehead atoms. The number of hydrogen-bond acceptors (Lipinski definition) is 5. The average molecular weight is 245 g/mol. The predicted octanol–water partition coefficient (Wildman–Crippen LogP) is 0.479. The maximum absolute atomic E-state index is 11.8. The molecule has 1 saturated heterocycles. The summed E-state index contributed by atoms with van der Waals surface area (Å²) in [6.45, 7) is 0.291. The molecule has 1 aromatic heterocycles. The molecule has 1 amide bonds. The van der Waals surface area contributed by atoms with Gasteiger partial charge in [-0.25, -0.2) is 4.98 Å². The first-order valence-electron chi connectivity index (χ1n) is 5.40. The van der Waals surface area contributed by atoms with E-state index in [2.05, 4.69) is 9.72 Å². The molecule has 0 aliphatic carbocycles. The number of carbonyl (C=O) groups excluding carboxylic acids is 2. The van der Waals surface area contributed by atoms with Crippen LogP contribution in [0.2, 0.25) is 0 Å². The van der Waals surface area contributed by atoms with E-state index < -0.39 is 5.92 Å². The average Bonchev–Trinajstić information content (AvgIpc) is 2.80. The molecule has 1 aliphatic heterocycles. The van der Waals surface area contributed by atoms with Crippen LogP contribution in [0.1, 0.15) is 12.1 Å². The fraction of sp³-hybridized carbons (Fsp3) is 0.333. The first-order chi connectivity index (χ1) is 8.65. The van der Waals surface area contributed by atoms with Crippen LogP contribution in [0.15, 0.2) is 18.3 Å². The molecular weight excluding hydrogens is 234 g/mol. The van der Waals surface area contributed by atoms with E-state index in [1.54, 1.807) is 6.07 Å². The third-order valence-corrected chi connectivity index (χ3v) is 2.83. The Labute approximate surface area is 104 Å². The van der Waals surface area contributed by atoms with Gasteiger partial charge in [0, 0.05) is 13.0 Å². The van der Waals surface area contributed by atoms with Crippen LogP contribution in [0.25, 0.3) is 0 Å². The van der Waals surface area contributed by atoms with Crippen molar-refractivity contribution >= 4 is 17.6 Å². The summed E-state index contributed by atoms with van der Waals surface area (Å²) in [6.07, 6.45) is 1.60. The molecule has 1 unspecified atom stereocenters. The zero-order valence-electron chi connectivity index (χ0n) is 9.79. The van der Waals surface area contributed by atoms with Crippen LogP contribution in [0.3, 0.4) is 0 Å². The lowest BCUT2D eigenvalue weighted by Gasteiger charge is -2.15. The van der Waals surface area contributed by atoms with Crippen molar-refractivity contribution in [3.05, 3.63) is 24.0 Å². The molecule has 6 nitrogen and oxygen atoms in total. The molecule has 0 N–H and O–H groups in total. The largest absolute Gasteiger partial charge is 0.469 e. The Morgan fingerprint density at radius 1 is 1.61 bits per heavy atom. The molecular formula is C12H11N3O3. The molecule has 0 saturated carbocycles. The van der Waals surface area contributed by atoms with Gasteiger partial charge in [0.05, 0.1) is 24.9 Å². The van der Waals surface area contributed by atoms with Crippen molar-refractivity contribution in [2.75, 3.05) is 18.6 Å². The second kappa shape index (κ2) is 4.84. The van der Waals surface area contributed by atoms with Gasteiger partial charge >= 0.3 is 5.97 Å². The third kappa shape index (κ3) is 2.15. The second-order valence-corrected chi connectivity index (χ2v) is 3.94. The topological polar surface area (TPSA) is 83.3 Å². The van der Waals surface area contributed by atoms with Crippen LogP contribution in [-0.2, 0) is 14.3 Å². The van der Waals surface area contributed by atoms with Crippen molar-refractivity contribution in [3.8, 4) is 6.07 Å². The van der Waals surface area contributed by atoms with Gasteiger partial charge in [-0.2, -0.15) is 5.26 Å². The minimum absolute atomic E-state index is 0.142. The van der Waals surface area contributed by atoms with Crippen LogP contribution in [0.4, 0.5) is 5.69 Å². The second-order valence-electron chi connectivity index (χ2n) is 3.94. The van der Waals surface area contributed by atoms with Crippen molar-refractivity contribution in [1.29, 1.82) is 5.26 Å². The molecule has 0 aromatic carbocycles. The van der Waals surface area contributed by atoms with Crippen molar-refractivity contribution in [1.82, 2.24) is 4.98 Å². The van der Waals surface area contributed by atoms with Crippen molar-refractivity contribution in [3.63, 3.8) is 0 Å². The van der Waals surface area contributed by atoms with E-state index >= 15 is 0 Å². The van der Waals surface area contributed by atoms with Gasteiger partial charge in [-0.05, 0) is 12.1 Å². The summed E-state index contributed by atoms with van der Waals surface area (Å²) in [5, 5.41) is 8.64. The van der Waals surface area contributed by atoms with Crippen LogP contribution in [0, 0.1) is 17.2 Å². The van der Waals surface area contributed by atoms with Crippen LogP contribution in [0.5, 0.6) is 0 Å². The predicted molar refractivity (Wildman–Crippen MR) is 61.4 cm³/mol. The zero-order chi connectivity index (χ0) is 13.1. The molecule has 1 aliphatic rings. The van der Waals surface area contributed by atoms with Crippen molar-refractivity contribution < 1.29 is 14.3 Å². The van der Waals surface area contributed by atoms with E-state index in [0.29, 0.717) is 12.2 Å². The lowest BCUT2D eigenvalue weighted by atomic mass is 10.1. The number of nitrogens with zero attached hydrogens (tertiary/aromatic N) is 3. The van der Waals surface area contributed by atoms with E-state index in [4.69, 9.17) is 5.26 Å². The Morgan fingerprint density at radius 3 is 2.94 bits per heavy atom. The Hall–Kier alpha value is -2.42. The Morgan fingerprint density at radius 2 is 2.39 bits per heavy atom. The van der Waals surface area contributed by atoms with Gasteiger partial charge in [-0.1, -0.05) is 0 Å². The lowest BCUT2D eigenvalue weighted by molar-refractivity contribution is -0.145. The fourth-order valence-corrected chi connectivity index (χ4v) is 1.89. The van der Waals surface area contributed by atoms with Gasteiger partial charge in [-0.3, -0.25) is 9.59 Å². The maximum atomic E-state index is 11.8. The smallest absolute Gasteiger partial charge is 0.311 e. The van der Waals surface area contributed by atoms with Crippen LogP contribution < -0.4 is 4.90 Å². The number of hydrogen-bond donors (Lipinski definition) is 0. The highest BCUT2D eigenvalue weighted by Gasteiger charge is 2.35. The molecule has 6 heteroatoms. The highest BCUT2D eigenvalue weighted by molar-refractivity contribution is 5.99. The Bertz CT molecular complexity index is 518. The molecule has 1 fully saturated rings. The first-order valence-corrected chi connectivity index (χ1v) is 5.40. The molecule has 92 valence electrons. The highest BCUT2D eigenvalue weighted by Crippen LogP contribution is 2.25. The molecule has 0 radical (unpaired) electrons. The Kier molecular flexibility index (Phi) is 3.24. The molecule has 2 heterocycles. The number of aromatic nitrogens is 1. The van der Waals surface area contributed by atoms with E-state index in [1.807, 2.05) is 6.07 Å². The van der Waals surface area contributed by atoms with Gasteiger partial charge in [-0.15, -0.1) is 0 Å². The maximum Gasteiger partial charge on any atom is 0.311 e. The number of anilines is 1. The molecule has 18 heavy (non-hydrogen) atoms. The molecule has 1 aromatic rings. The number of carbonyl (C=O) groups is 2. The molecule has 0 spiro atoms. The van der Waals surface area contributed by atoms with E-state index in [0.717, 1.165) is 0 Å². The number of pyridine rings is 1. The lowest BCUT2D eigenvalue weighted by Crippen LogP contribution is -2.26. The number of rotatable bonds is 2. The Balaban J connectivity index is 2.16. The number of esters is 1. The fourth-order valence-electron chi connectivity index (χ4n) is 1.89. The minimum Gasteiger partial charge on any atom is -0.469 e. The quantitative estimate of drug-likeness (QED) is 0.707. The van der Waals surface area contributed by atoms with Crippen molar-refractivity contribution in [2.24, 2.45) is 5.92 Å². The number of amides is 1. The van der Waals surface area contributed by atoms with E-state index in [1.165, 1.54) is 24.3 Å². The highest BCUT2D eigenvalue weighted by atomic mass is 16.5. The first kappa shape index (κ1) is 12.0. The number of methoxy groups -OCH3 is 1. The SMILES string of the molecule is COC(=O)C1CC(=O)N(c2ccc(C#N)nc2)C1. The van der Waals surface area contributed by atoms with E-state index in [9.17, 15) is 9.59 Å². The van der Waals surface area contributed by atoms with Gasteiger partial charge in [0.2, 0.25) is 5.91 Å². The molecule has 1 atom stereocenters. The third-order valence-electron chi connectivity index (χ3n) is 2.83. The normalized spacial score (nSPS) is 18.6. The summed E-state index contributed by atoms with van der Waals surface area (Å²) in [5.74, 6) is -0.956. The molecule has 2 rings (SSSR count). The van der Waals surface area contributed by atoms with Gasteiger partial charge in [0.15, 0.2) is 0 Å². The summed E-state index contributed by atoms with van der Waals surface area (Å²) in [5.41, 5.74) is 0.875. The van der Waals surface area contributed by atoms with Gasteiger partial charge in [0.25, 0.3) is 0 Å². The van der Waals surface area contributed by atoms with Crippen molar-refractivity contribution in [2.45, 2.75) is 6.42 Å². The van der Waals surface area contributed by atoms with Crippen LogP contribution in [-0.4, -0.2) is 30.5 Å². The number of ether oxygens (including phenoxy) is 1. The van der Waals surface area contributed by atoms with Gasteiger partial charge in [0.1, 0.15) is 11.8 Å². The van der Waals surface area contributed by atoms with E-state index in [-0.39, 0.29) is 24.0 Å². The monoisotopic (exact) mass is 245 g/mol. The van der Waals surface area contributed by atoms with Gasteiger partial charge < -0.3 is 9.64 Å². The summed E-state index contributed by atoms with van der Waals surface area (Å²) < 4.78 is 4.63. The summed E-state index contributed by atoms with van der Waals surface area (Å²) in [6, 6.07) is 5.08. The zero-order valence-corrected chi connectivity index (χ0v) is 9.79. The number of nitriles is 1.